The van der Waals surface area contributed by atoms with E-state index in [0.29, 0.717) is 5.92 Å². The first-order valence-corrected chi connectivity index (χ1v) is 5.22. The fraction of sp³-hybridized carbons (Fsp3) is 0.800. The highest BCUT2D eigenvalue weighted by Gasteiger charge is 2.01. The van der Waals surface area contributed by atoms with Gasteiger partial charge in [0.05, 0.1) is 5.69 Å². The minimum atomic E-state index is 0.264. The first-order valence-electron chi connectivity index (χ1n) is 5.22. The van der Waals surface area contributed by atoms with E-state index in [1.54, 1.807) is 0 Å². The fourth-order valence-corrected chi connectivity index (χ4v) is 1.33. The van der Waals surface area contributed by atoms with Crippen molar-refractivity contribution in [2.75, 3.05) is 6.61 Å². The third kappa shape index (κ3) is 3.87. The average molecular weight is 197 g/mol. The van der Waals surface area contributed by atoms with E-state index in [4.69, 9.17) is 5.11 Å². The van der Waals surface area contributed by atoms with Crippen molar-refractivity contribution in [2.24, 2.45) is 5.92 Å². The molecule has 14 heavy (non-hydrogen) atoms. The van der Waals surface area contributed by atoms with Crippen molar-refractivity contribution < 1.29 is 5.11 Å². The van der Waals surface area contributed by atoms with Crippen molar-refractivity contribution in [3.63, 3.8) is 0 Å². The van der Waals surface area contributed by atoms with E-state index in [2.05, 4.69) is 24.2 Å². The van der Waals surface area contributed by atoms with Crippen LogP contribution < -0.4 is 0 Å². The van der Waals surface area contributed by atoms with Crippen molar-refractivity contribution in [3.8, 4) is 0 Å². The van der Waals surface area contributed by atoms with E-state index in [1.807, 2.05) is 10.9 Å². The van der Waals surface area contributed by atoms with Crippen molar-refractivity contribution in [3.05, 3.63) is 11.9 Å². The number of hydrogen-bond donors (Lipinski definition) is 1. The molecule has 4 heteroatoms. The topological polar surface area (TPSA) is 50.9 Å². The van der Waals surface area contributed by atoms with Gasteiger partial charge in [-0.2, -0.15) is 0 Å². The van der Waals surface area contributed by atoms with Crippen LogP contribution in [0.4, 0.5) is 0 Å². The third-order valence-corrected chi connectivity index (χ3v) is 1.98. The quantitative estimate of drug-likeness (QED) is 0.698. The first-order chi connectivity index (χ1) is 6.72. The minimum Gasteiger partial charge on any atom is -0.396 e. The maximum Gasteiger partial charge on any atom is 0.0827 e. The van der Waals surface area contributed by atoms with Crippen LogP contribution in [0.3, 0.4) is 0 Å². The summed E-state index contributed by atoms with van der Waals surface area (Å²) in [4.78, 5) is 0. The Labute approximate surface area is 84.9 Å². The molecule has 0 spiro atoms. The Morgan fingerprint density at radius 1 is 1.43 bits per heavy atom. The number of unbranched alkanes of at least 4 members (excludes halogenated alkanes) is 1. The molecule has 4 nitrogen and oxygen atoms in total. The Morgan fingerprint density at radius 2 is 2.21 bits per heavy atom. The van der Waals surface area contributed by atoms with Gasteiger partial charge >= 0.3 is 0 Å². The van der Waals surface area contributed by atoms with Crippen LogP contribution in [0.2, 0.25) is 0 Å². The van der Waals surface area contributed by atoms with Gasteiger partial charge in [0.2, 0.25) is 0 Å². The second-order valence-electron chi connectivity index (χ2n) is 4.01. The van der Waals surface area contributed by atoms with E-state index in [0.717, 1.165) is 31.5 Å². The molecule has 1 N–H and O–H groups in total. The zero-order chi connectivity index (χ0) is 10.4. The molecule has 0 saturated carbocycles. The standard InChI is InChI=1S/C10H19N3O/c1-9(2)7-13-8-10(11-12-13)5-3-4-6-14/h8-9,14H,3-7H2,1-2H3. The molecular weight excluding hydrogens is 178 g/mol. The molecule has 0 radical (unpaired) electrons. The SMILES string of the molecule is CC(C)Cn1cc(CCCCO)nn1. The number of rotatable bonds is 6. The van der Waals surface area contributed by atoms with E-state index >= 15 is 0 Å². The monoisotopic (exact) mass is 197 g/mol. The van der Waals surface area contributed by atoms with Crippen LogP contribution in [-0.4, -0.2) is 26.7 Å². The lowest BCUT2D eigenvalue weighted by Crippen LogP contribution is -2.04. The predicted molar refractivity (Wildman–Crippen MR) is 54.9 cm³/mol. The van der Waals surface area contributed by atoms with Gasteiger partial charge in [-0.1, -0.05) is 19.1 Å². The van der Waals surface area contributed by atoms with Gasteiger partial charge in [0.15, 0.2) is 0 Å². The van der Waals surface area contributed by atoms with Gasteiger partial charge in [0.25, 0.3) is 0 Å². The summed E-state index contributed by atoms with van der Waals surface area (Å²) >= 11 is 0. The molecule has 80 valence electrons. The largest absolute Gasteiger partial charge is 0.396 e. The number of aromatic nitrogens is 3. The Kier molecular flexibility index (Phi) is 4.59. The van der Waals surface area contributed by atoms with Gasteiger partial charge in [-0.15, -0.1) is 5.10 Å². The Morgan fingerprint density at radius 3 is 2.86 bits per heavy atom. The van der Waals surface area contributed by atoms with Crippen LogP contribution >= 0.6 is 0 Å². The first kappa shape index (κ1) is 11.2. The smallest absolute Gasteiger partial charge is 0.0827 e. The number of aryl methyl sites for hydroxylation is 1. The van der Waals surface area contributed by atoms with E-state index < -0.39 is 0 Å². The minimum absolute atomic E-state index is 0.264. The number of nitrogens with zero attached hydrogens (tertiary/aromatic N) is 3. The highest BCUT2D eigenvalue weighted by Crippen LogP contribution is 2.02. The normalized spacial score (nSPS) is 11.1. The molecular formula is C10H19N3O. The van der Waals surface area contributed by atoms with E-state index in [9.17, 15) is 0 Å². The summed E-state index contributed by atoms with van der Waals surface area (Å²) < 4.78 is 1.89. The summed E-state index contributed by atoms with van der Waals surface area (Å²) in [5.41, 5.74) is 1.03. The summed E-state index contributed by atoms with van der Waals surface area (Å²) in [5, 5.41) is 16.7. The van der Waals surface area contributed by atoms with Crippen molar-refractivity contribution in [1.29, 1.82) is 0 Å². The highest BCUT2D eigenvalue weighted by atomic mass is 16.2. The molecule has 0 aliphatic carbocycles. The van der Waals surface area contributed by atoms with E-state index in [-0.39, 0.29) is 6.61 Å². The number of aliphatic hydroxyl groups is 1. The average Bonchev–Trinajstić information content (AvgIpc) is 2.52. The third-order valence-electron chi connectivity index (χ3n) is 1.98. The van der Waals surface area contributed by atoms with Crippen LogP contribution in [0.25, 0.3) is 0 Å². The predicted octanol–water partition coefficient (Wildman–Crippen LogP) is 1.25. The zero-order valence-electron chi connectivity index (χ0n) is 8.98. The maximum atomic E-state index is 8.63. The fourth-order valence-electron chi connectivity index (χ4n) is 1.33. The van der Waals surface area contributed by atoms with Crippen LogP contribution in [0.15, 0.2) is 6.20 Å². The lowest BCUT2D eigenvalue weighted by Gasteiger charge is -2.01. The summed E-state index contributed by atoms with van der Waals surface area (Å²) in [7, 11) is 0. The molecule has 0 unspecified atom stereocenters. The second kappa shape index (κ2) is 5.75. The van der Waals surface area contributed by atoms with Gasteiger partial charge in [-0.25, -0.2) is 0 Å². The molecule has 1 heterocycles. The van der Waals surface area contributed by atoms with Crippen LogP contribution in [0.1, 0.15) is 32.4 Å². The van der Waals surface area contributed by atoms with Crippen molar-refractivity contribution >= 4 is 0 Å². The zero-order valence-corrected chi connectivity index (χ0v) is 8.98. The number of aliphatic hydroxyl groups excluding tert-OH is 1. The summed E-state index contributed by atoms with van der Waals surface area (Å²) in [5.74, 6) is 0.599. The van der Waals surface area contributed by atoms with Crippen LogP contribution in [0.5, 0.6) is 0 Å². The van der Waals surface area contributed by atoms with Crippen LogP contribution in [0, 0.1) is 5.92 Å². The Bertz CT molecular complexity index is 258. The van der Waals surface area contributed by atoms with E-state index in [1.165, 1.54) is 0 Å². The second-order valence-corrected chi connectivity index (χ2v) is 4.01. The molecule has 1 aromatic rings. The van der Waals surface area contributed by atoms with Gasteiger partial charge in [-0.05, 0) is 25.2 Å². The van der Waals surface area contributed by atoms with Crippen LogP contribution in [-0.2, 0) is 13.0 Å². The molecule has 1 rings (SSSR count). The van der Waals surface area contributed by atoms with Gasteiger partial charge in [0.1, 0.15) is 0 Å². The molecule has 0 fully saturated rings. The van der Waals surface area contributed by atoms with Gasteiger partial charge in [-0.3, -0.25) is 4.68 Å². The molecule has 0 saturated heterocycles. The van der Waals surface area contributed by atoms with Crippen molar-refractivity contribution in [2.45, 2.75) is 39.7 Å². The maximum absolute atomic E-state index is 8.63. The summed E-state index contributed by atoms with van der Waals surface area (Å²) in [6.07, 6.45) is 4.74. The Hall–Kier alpha value is -0.900. The molecule has 1 aromatic heterocycles. The molecule has 0 aliphatic rings. The molecule has 0 bridgehead atoms. The van der Waals surface area contributed by atoms with Crippen molar-refractivity contribution in [1.82, 2.24) is 15.0 Å². The lowest BCUT2D eigenvalue weighted by molar-refractivity contribution is 0.284. The summed E-state index contributed by atoms with van der Waals surface area (Å²) in [6.45, 7) is 5.51. The molecule has 0 aromatic carbocycles. The lowest BCUT2D eigenvalue weighted by atomic mass is 10.2. The van der Waals surface area contributed by atoms with Gasteiger partial charge in [0, 0.05) is 19.3 Å². The number of hydrogen-bond acceptors (Lipinski definition) is 3. The van der Waals surface area contributed by atoms with Gasteiger partial charge < -0.3 is 5.11 Å². The molecule has 0 aliphatic heterocycles. The molecule has 0 amide bonds. The molecule has 0 atom stereocenters. The highest BCUT2D eigenvalue weighted by molar-refractivity contribution is 4.92. The Balaban J connectivity index is 2.35. The summed E-state index contributed by atoms with van der Waals surface area (Å²) in [6, 6.07) is 0.